The van der Waals surface area contributed by atoms with E-state index < -0.39 is 25.8 Å². The summed E-state index contributed by atoms with van der Waals surface area (Å²) in [7, 11) is -3.78. The summed E-state index contributed by atoms with van der Waals surface area (Å²) in [5.74, 6) is -0.280. The summed E-state index contributed by atoms with van der Waals surface area (Å²) in [5.41, 5.74) is 0. The van der Waals surface area contributed by atoms with Crippen LogP contribution in [0.15, 0.2) is 60.7 Å². The zero-order valence-electron chi connectivity index (χ0n) is 14.4. The van der Waals surface area contributed by atoms with Gasteiger partial charge < -0.3 is 14.2 Å². The minimum absolute atomic E-state index is 0.357. The van der Waals surface area contributed by atoms with Crippen molar-refractivity contribution in [1.82, 2.24) is 0 Å². The maximum Gasteiger partial charge on any atom is 0.438 e. The number of carbonyl (C=O) groups is 1. The molecule has 5 nitrogen and oxygen atoms in total. The molecule has 0 heterocycles. The molecule has 1 N–H and O–H groups in total. The van der Waals surface area contributed by atoms with E-state index in [2.05, 4.69) is 0 Å². The first-order valence-electron chi connectivity index (χ1n) is 8.22. The largest absolute Gasteiger partial charge is 0.438 e. The number of para-hydroxylation sites is 2. The van der Waals surface area contributed by atoms with E-state index in [0.29, 0.717) is 17.9 Å². The predicted molar refractivity (Wildman–Crippen MR) is 97.1 cm³/mol. The van der Waals surface area contributed by atoms with Gasteiger partial charge in [-0.05, 0) is 30.7 Å². The zero-order valence-corrected chi connectivity index (χ0v) is 15.3. The molecule has 25 heavy (non-hydrogen) atoms. The van der Waals surface area contributed by atoms with Gasteiger partial charge in [0.2, 0.25) is 0 Å². The molecule has 0 aliphatic heterocycles. The van der Waals surface area contributed by atoms with Gasteiger partial charge >= 0.3 is 7.60 Å². The second kappa shape index (κ2) is 8.84. The fourth-order valence-corrected chi connectivity index (χ4v) is 3.99. The van der Waals surface area contributed by atoms with Crippen LogP contribution in [0.3, 0.4) is 0 Å². The van der Waals surface area contributed by atoms with Gasteiger partial charge in [0.05, 0.1) is 6.10 Å². The molecular formula is C19H23O5P. The first-order valence-corrected chi connectivity index (χ1v) is 9.95. The minimum atomic E-state index is -3.78. The van der Waals surface area contributed by atoms with Crippen molar-refractivity contribution in [2.24, 2.45) is 5.92 Å². The molecule has 0 saturated carbocycles. The van der Waals surface area contributed by atoms with E-state index in [0.717, 1.165) is 0 Å². The lowest BCUT2D eigenvalue weighted by molar-refractivity contribution is -0.123. The van der Waals surface area contributed by atoms with Crippen molar-refractivity contribution >= 4 is 13.4 Å². The van der Waals surface area contributed by atoms with Crippen molar-refractivity contribution in [3.8, 4) is 11.5 Å². The lowest BCUT2D eigenvalue weighted by Gasteiger charge is -2.22. The third-order valence-electron chi connectivity index (χ3n) is 3.83. The molecular weight excluding hydrogens is 339 g/mol. The van der Waals surface area contributed by atoms with Crippen LogP contribution in [0.4, 0.5) is 0 Å². The summed E-state index contributed by atoms with van der Waals surface area (Å²) in [6.07, 6.45) is -0.750. The first kappa shape index (κ1) is 19.2. The quantitative estimate of drug-likeness (QED) is 0.673. The van der Waals surface area contributed by atoms with Gasteiger partial charge in [-0.1, -0.05) is 50.2 Å². The molecule has 134 valence electrons. The molecule has 0 fully saturated rings. The van der Waals surface area contributed by atoms with Crippen LogP contribution in [0, 0.1) is 5.92 Å². The van der Waals surface area contributed by atoms with Crippen LogP contribution < -0.4 is 9.05 Å². The number of hydrogen-bond acceptors (Lipinski definition) is 5. The summed E-state index contributed by atoms with van der Waals surface area (Å²) in [4.78, 5) is 12.4. The SMILES string of the molecule is CCC(O)C(C)C(=O)CP(=O)(Oc1ccccc1)Oc1ccccc1. The van der Waals surface area contributed by atoms with Crippen molar-refractivity contribution in [2.45, 2.75) is 26.4 Å². The van der Waals surface area contributed by atoms with Gasteiger partial charge in [0.25, 0.3) is 0 Å². The Morgan fingerprint density at radius 2 is 1.44 bits per heavy atom. The Kier molecular flexibility index (Phi) is 6.80. The van der Waals surface area contributed by atoms with Gasteiger partial charge in [0.1, 0.15) is 17.7 Å². The number of rotatable bonds is 9. The molecule has 0 aromatic heterocycles. The molecule has 6 heteroatoms. The molecule has 0 aliphatic carbocycles. The molecule has 2 rings (SSSR count). The van der Waals surface area contributed by atoms with E-state index in [1.807, 2.05) is 0 Å². The van der Waals surface area contributed by atoms with Crippen LogP contribution in [-0.2, 0) is 9.36 Å². The van der Waals surface area contributed by atoms with E-state index in [-0.39, 0.29) is 5.78 Å². The second-order valence-electron chi connectivity index (χ2n) is 5.81. The van der Waals surface area contributed by atoms with Crippen LogP contribution in [0.2, 0.25) is 0 Å². The first-order chi connectivity index (χ1) is 11.9. The van der Waals surface area contributed by atoms with E-state index in [4.69, 9.17) is 9.05 Å². The highest BCUT2D eigenvalue weighted by Crippen LogP contribution is 2.48. The van der Waals surface area contributed by atoms with Crippen molar-refractivity contribution in [3.63, 3.8) is 0 Å². The van der Waals surface area contributed by atoms with Crippen LogP contribution in [0.1, 0.15) is 20.3 Å². The number of benzene rings is 2. The number of hydrogen-bond donors (Lipinski definition) is 1. The lowest BCUT2D eigenvalue weighted by Crippen LogP contribution is -2.28. The highest BCUT2D eigenvalue weighted by atomic mass is 31.2. The van der Waals surface area contributed by atoms with Gasteiger partial charge in [-0.15, -0.1) is 0 Å². The Morgan fingerprint density at radius 1 is 1.00 bits per heavy atom. The van der Waals surface area contributed by atoms with Crippen molar-refractivity contribution in [1.29, 1.82) is 0 Å². The number of aliphatic hydroxyl groups excluding tert-OH is 1. The molecule has 0 amide bonds. The minimum Gasteiger partial charge on any atom is -0.416 e. The fraction of sp³-hybridized carbons (Fsp3) is 0.316. The molecule has 0 spiro atoms. The molecule has 0 saturated heterocycles. The summed E-state index contributed by atoms with van der Waals surface area (Å²) >= 11 is 0. The Hall–Kier alpha value is -2.10. The van der Waals surface area contributed by atoms with Crippen LogP contribution in [0.5, 0.6) is 11.5 Å². The molecule has 0 bridgehead atoms. The molecule has 2 aromatic rings. The Bertz CT molecular complexity index is 672. The third-order valence-corrected chi connectivity index (χ3v) is 5.51. The van der Waals surface area contributed by atoms with Gasteiger partial charge in [0.15, 0.2) is 5.78 Å². The van der Waals surface area contributed by atoms with Gasteiger partial charge in [-0.2, -0.15) is 0 Å². The summed E-state index contributed by atoms with van der Waals surface area (Å²) in [6, 6.07) is 17.2. The molecule has 0 aliphatic rings. The van der Waals surface area contributed by atoms with Crippen molar-refractivity contribution in [3.05, 3.63) is 60.7 Å². The number of aliphatic hydroxyl groups is 1. The maximum absolute atomic E-state index is 13.2. The zero-order chi connectivity index (χ0) is 18.3. The average Bonchev–Trinajstić information content (AvgIpc) is 2.61. The standard InChI is InChI=1S/C19H23O5P/c1-3-18(20)15(2)19(21)14-25(22,23-16-10-6-4-7-11-16)24-17-12-8-5-9-13-17/h4-13,15,18,20H,3,14H2,1-2H3. The monoisotopic (exact) mass is 362 g/mol. The summed E-state index contributed by atoms with van der Waals surface area (Å²) in [6.45, 7) is 3.40. The molecule has 2 aromatic carbocycles. The maximum atomic E-state index is 13.2. The van der Waals surface area contributed by atoms with E-state index >= 15 is 0 Å². The fourth-order valence-electron chi connectivity index (χ4n) is 2.27. The van der Waals surface area contributed by atoms with Gasteiger partial charge in [-0.25, -0.2) is 4.57 Å². The summed E-state index contributed by atoms with van der Waals surface area (Å²) in [5, 5.41) is 9.88. The Balaban J connectivity index is 2.22. The average molecular weight is 362 g/mol. The van der Waals surface area contributed by atoms with Crippen molar-refractivity contribution in [2.75, 3.05) is 6.16 Å². The normalized spacial score (nSPS) is 13.7. The lowest BCUT2D eigenvalue weighted by atomic mass is 9.99. The second-order valence-corrected chi connectivity index (χ2v) is 7.71. The van der Waals surface area contributed by atoms with E-state index in [1.54, 1.807) is 74.5 Å². The van der Waals surface area contributed by atoms with E-state index in [1.165, 1.54) is 0 Å². The van der Waals surface area contributed by atoms with Crippen molar-refractivity contribution < 1.29 is 23.5 Å². The number of carbonyl (C=O) groups excluding carboxylic acids is 1. The topological polar surface area (TPSA) is 72.8 Å². The van der Waals surface area contributed by atoms with Crippen LogP contribution in [0.25, 0.3) is 0 Å². The summed E-state index contributed by atoms with van der Waals surface area (Å²) < 4.78 is 24.4. The molecule has 2 atom stereocenters. The van der Waals surface area contributed by atoms with Crippen LogP contribution >= 0.6 is 7.60 Å². The highest BCUT2D eigenvalue weighted by molar-refractivity contribution is 7.55. The highest BCUT2D eigenvalue weighted by Gasteiger charge is 2.35. The van der Waals surface area contributed by atoms with Gasteiger partial charge in [-0.3, -0.25) is 4.79 Å². The Morgan fingerprint density at radius 3 is 1.84 bits per heavy atom. The van der Waals surface area contributed by atoms with E-state index in [9.17, 15) is 14.5 Å². The predicted octanol–water partition coefficient (Wildman–Crippen LogP) is 4.31. The smallest absolute Gasteiger partial charge is 0.416 e. The van der Waals surface area contributed by atoms with Gasteiger partial charge in [0, 0.05) is 5.92 Å². The number of ketones is 1. The number of Topliss-reactive ketones (excluding diaryl/α,β-unsaturated/α-hetero) is 1. The third kappa shape index (κ3) is 5.73. The Labute approximate surface area is 148 Å². The van der Waals surface area contributed by atoms with Crippen LogP contribution in [-0.4, -0.2) is 23.2 Å². The molecule has 0 radical (unpaired) electrons. The molecule has 2 unspecified atom stereocenters.